The molecule has 0 aliphatic carbocycles. The van der Waals surface area contributed by atoms with Crippen LogP contribution in [-0.2, 0) is 14.3 Å². The lowest BCUT2D eigenvalue weighted by Gasteiger charge is -2.35. The van der Waals surface area contributed by atoms with E-state index in [0.29, 0.717) is 13.1 Å². The van der Waals surface area contributed by atoms with Crippen LogP contribution < -0.4 is 0 Å². The molecule has 1 aliphatic rings. The standard InChI is InChI=1S/C15H19NO5/c1-10-7-16(8-11(2)21-10)14(18)9-20-15(19)12-5-3-4-6-13(12)17/h3-6,10-11,17H,7-9H2,1-2H3/t10-,11+. The summed E-state index contributed by atoms with van der Waals surface area (Å²) in [5.41, 5.74) is 0.0500. The van der Waals surface area contributed by atoms with E-state index in [0.717, 1.165) is 0 Å². The van der Waals surface area contributed by atoms with Crippen molar-refractivity contribution in [2.45, 2.75) is 26.1 Å². The predicted octanol–water partition coefficient (Wildman–Crippen LogP) is 1.18. The number of carbonyl (C=O) groups is 2. The maximum absolute atomic E-state index is 12.0. The first-order valence-electron chi connectivity index (χ1n) is 6.85. The number of esters is 1. The van der Waals surface area contributed by atoms with Gasteiger partial charge in [-0.05, 0) is 26.0 Å². The smallest absolute Gasteiger partial charge is 0.342 e. The third-order valence-corrected chi connectivity index (χ3v) is 3.22. The fourth-order valence-electron chi connectivity index (χ4n) is 2.32. The highest BCUT2D eigenvalue weighted by molar-refractivity contribution is 5.93. The number of para-hydroxylation sites is 1. The second kappa shape index (κ2) is 6.58. The molecule has 1 aromatic carbocycles. The van der Waals surface area contributed by atoms with E-state index in [9.17, 15) is 14.7 Å². The number of hydrogen-bond acceptors (Lipinski definition) is 5. The van der Waals surface area contributed by atoms with Crippen LogP contribution in [0.3, 0.4) is 0 Å². The summed E-state index contributed by atoms with van der Waals surface area (Å²) in [5.74, 6) is -1.14. The van der Waals surface area contributed by atoms with E-state index in [1.165, 1.54) is 12.1 Å². The molecule has 0 saturated carbocycles. The Morgan fingerprint density at radius 1 is 1.29 bits per heavy atom. The van der Waals surface area contributed by atoms with E-state index >= 15 is 0 Å². The van der Waals surface area contributed by atoms with E-state index in [1.54, 1.807) is 17.0 Å². The molecule has 1 N–H and O–H groups in total. The van der Waals surface area contributed by atoms with Gasteiger partial charge in [0.2, 0.25) is 0 Å². The summed E-state index contributed by atoms with van der Waals surface area (Å²) >= 11 is 0. The zero-order valence-electron chi connectivity index (χ0n) is 12.1. The van der Waals surface area contributed by atoms with Gasteiger partial charge in [0.05, 0.1) is 12.2 Å². The Labute approximate surface area is 123 Å². The van der Waals surface area contributed by atoms with Crippen LogP contribution in [-0.4, -0.2) is 53.8 Å². The van der Waals surface area contributed by atoms with E-state index in [-0.39, 0.29) is 36.0 Å². The Kier molecular flexibility index (Phi) is 4.80. The number of morpholine rings is 1. The molecular weight excluding hydrogens is 274 g/mol. The molecule has 1 fully saturated rings. The fourth-order valence-corrected chi connectivity index (χ4v) is 2.32. The molecule has 1 amide bonds. The second-order valence-electron chi connectivity index (χ2n) is 5.15. The van der Waals surface area contributed by atoms with Gasteiger partial charge in [0.15, 0.2) is 6.61 Å². The van der Waals surface area contributed by atoms with Crippen molar-refractivity contribution in [1.29, 1.82) is 0 Å². The number of ether oxygens (including phenoxy) is 2. The van der Waals surface area contributed by atoms with Crippen LogP contribution in [0.15, 0.2) is 24.3 Å². The normalized spacial score (nSPS) is 21.9. The Balaban J connectivity index is 1.89. The lowest BCUT2D eigenvalue weighted by Crippen LogP contribution is -2.49. The van der Waals surface area contributed by atoms with Crippen molar-refractivity contribution in [2.75, 3.05) is 19.7 Å². The van der Waals surface area contributed by atoms with Crippen LogP contribution >= 0.6 is 0 Å². The first kappa shape index (κ1) is 15.3. The number of phenols is 1. The highest BCUT2D eigenvalue weighted by Crippen LogP contribution is 2.17. The Morgan fingerprint density at radius 3 is 2.52 bits per heavy atom. The zero-order chi connectivity index (χ0) is 15.4. The molecule has 114 valence electrons. The molecule has 6 nitrogen and oxygen atoms in total. The molecule has 1 aromatic rings. The van der Waals surface area contributed by atoms with Crippen molar-refractivity contribution < 1.29 is 24.2 Å². The Hall–Kier alpha value is -2.08. The Bertz CT molecular complexity index is 521. The number of benzene rings is 1. The van der Waals surface area contributed by atoms with Gasteiger partial charge < -0.3 is 19.5 Å². The number of nitrogens with zero attached hydrogens (tertiary/aromatic N) is 1. The van der Waals surface area contributed by atoms with Gasteiger partial charge in [0, 0.05) is 13.1 Å². The largest absolute Gasteiger partial charge is 0.507 e. The predicted molar refractivity (Wildman–Crippen MR) is 75.0 cm³/mol. The fraction of sp³-hybridized carbons (Fsp3) is 0.467. The lowest BCUT2D eigenvalue weighted by molar-refractivity contribution is -0.146. The van der Waals surface area contributed by atoms with Gasteiger partial charge in [-0.2, -0.15) is 0 Å². The van der Waals surface area contributed by atoms with Crippen LogP contribution in [0.5, 0.6) is 5.75 Å². The van der Waals surface area contributed by atoms with Crippen molar-refractivity contribution in [1.82, 2.24) is 4.90 Å². The molecule has 6 heteroatoms. The summed E-state index contributed by atoms with van der Waals surface area (Å²) in [5, 5.41) is 9.55. The van der Waals surface area contributed by atoms with E-state index in [1.807, 2.05) is 13.8 Å². The minimum absolute atomic E-state index is 0.0356. The summed E-state index contributed by atoms with van der Waals surface area (Å²) in [7, 11) is 0. The molecule has 1 heterocycles. The number of amides is 1. The summed E-state index contributed by atoms with van der Waals surface area (Å²) in [6, 6.07) is 6.06. The van der Waals surface area contributed by atoms with Crippen LogP contribution in [0, 0.1) is 0 Å². The molecule has 0 spiro atoms. The van der Waals surface area contributed by atoms with Gasteiger partial charge in [0.1, 0.15) is 11.3 Å². The van der Waals surface area contributed by atoms with Crippen molar-refractivity contribution >= 4 is 11.9 Å². The molecule has 0 bridgehead atoms. The summed E-state index contributed by atoms with van der Waals surface area (Å²) < 4.78 is 10.5. The molecule has 0 unspecified atom stereocenters. The molecule has 2 rings (SSSR count). The number of hydrogen-bond donors (Lipinski definition) is 1. The monoisotopic (exact) mass is 293 g/mol. The third kappa shape index (κ3) is 3.95. The third-order valence-electron chi connectivity index (χ3n) is 3.22. The van der Waals surface area contributed by atoms with Crippen molar-refractivity contribution in [3.8, 4) is 5.75 Å². The highest BCUT2D eigenvalue weighted by atomic mass is 16.5. The van der Waals surface area contributed by atoms with E-state index in [2.05, 4.69) is 0 Å². The molecule has 0 aromatic heterocycles. The van der Waals surface area contributed by atoms with Gasteiger partial charge in [-0.1, -0.05) is 12.1 Å². The molecule has 2 atom stereocenters. The van der Waals surface area contributed by atoms with Crippen LogP contribution in [0.1, 0.15) is 24.2 Å². The van der Waals surface area contributed by atoms with Crippen LogP contribution in [0.25, 0.3) is 0 Å². The van der Waals surface area contributed by atoms with Gasteiger partial charge in [-0.25, -0.2) is 4.79 Å². The quantitative estimate of drug-likeness (QED) is 0.847. The average molecular weight is 293 g/mol. The summed E-state index contributed by atoms with van der Waals surface area (Å²) in [6.45, 7) is 4.41. The topological polar surface area (TPSA) is 76.1 Å². The van der Waals surface area contributed by atoms with Crippen molar-refractivity contribution in [3.05, 3.63) is 29.8 Å². The van der Waals surface area contributed by atoms with Gasteiger partial charge in [-0.3, -0.25) is 4.79 Å². The van der Waals surface area contributed by atoms with Crippen molar-refractivity contribution in [2.24, 2.45) is 0 Å². The maximum Gasteiger partial charge on any atom is 0.342 e. The number of aromatic hydroxyl groups is 1. The molecule has 0 radical (unpaired) electrons. The second-order valence-corrected chi connectivity index (χ2v) is 5.15. The molecular formula is C15H19NO5. The number of rotatable bonds is 3. The minimum Gasteiger partial charge on any atom is -0.507 e. The van der Waals surface area contributed by atoms with Gasteiger partial charge >= 0.3 is 5.97 Å². The molecule has 1 aliphatic heterocycles. The van der Waals surface area contributed by atoms with E-state index in [4.69, 9.17) is 9.47 Å². The SMILES string of the molecule is C[C@@H]1CN(C(=O)COC(=O)c2ccccc2O)C[C@H](C)O1. The van der Waals surface area contributed by atoms with Crippen molar-refractivity contribution in [3.63, 3.8) is 0 Å². The highest BCUT2D eigenvalue weighted by Gasteiger charge is 2.26. The number of carbonyl (C=O) groups excluding carboxylic acids is 2. The average Bonchev–Trinajstić information content (AvgIpc) is 2.43. The number of phenolic OH excluding ortho intramolecular Hbond substituents is 1. The lowest BCUT2D eigenvalue weighted by atomic mass is 10.2. The van der Waals surface area contributed by atoms with Crippen LogP contribution in [0.4, 0.5) is 0 Å². The summed E-state index contributed by atoms with van der Waals surface area (Å²) in [6.07, 6.45) is -0.0712. The molecule has 1 saturated heterocycles. The Morgan fingerprint density at radius 2 is 1.90 bits per heavy atom. The first-order valence-corrected chi connectivity index (χ1v) is 6.85. The van der Waals surface area contributed by atoms with E-state index < -0.39 is 5.97 Å². The maximum atomic E-state index is 12.0. The van der Waals surface area contributed by atoms with Gasteiger partial charge in [-0.15, -0.1) is 0 Å². The molecule has 21 heavy (non-hydrogen) atoms. The zero-order valence-corrected chi connectivity index (χ0v) is 12.1. The summed E-state index contributed by atoms with van der Waals surface area (Å²) in [4.78, 5) is 25.5. The minimum atomic E-state index is -0.712. The van der Waals surface area contributed by atoms with Crippen LogP contribution in [0.2, 0.25) is 0 Å². The van der Waals surface area contributed by atoms with Gasteiger partial charge in [0.25, 0.3) is 5.91 Å². The first-order chi connectivity index (χ1) is 9.97.